The number of halogens is 10. The highest BCUT2D eigenvalue weighted by Gasteiger charge is 2.47. The molecule has 4 heterocycles. The summed E-state index contributed by atoms with van der Waals surface area (Å²) in [7, 11) is 0. The molecule has 8 rings (SSSR count). The van der Waals surface area contributed by atoms with Crippen molar-refractivity contribution in [3.63, 3.8) is 0 Å². The number of nitrogens with two attached hydrogens (primary N) is 2. The Kier molecular flexibility index (Phi) is 14.6. The molecule has 4 fully saturated rings. The van der Waals surface area contributed by atoms with Crippen LogP contribution in [-0.4, -0.2) is 78.7 Å². The zero-order valence-electron chi connectivity index (χ0n) is 34.7. The van der Waals surface area contributed by atoms with E-state index in [1.54, 1.807) is 64.5 Å². The minimum absolute atomic E-state index is 0.00133. The Labute approximate surface area is 363 Å². The van der Waals surface area contributed by atoms with E-state index in [1.807, 2.05) is 0 Å². The Hall–Kier alpha value is -5.27. The highest BCUT2D eigenvalue weighted by molar-refractivity contribution is 5.96. The lowest BCUT2D eigenvalue weighted by molar-refractivity contribution is -0.180. The summed E-state index contributed by atoms with van der Waals surface area (Å²) in [5, 5.41) is 19.8. The highest BCUT2D eigenvalue weighted by atomic mass is 19.4. The highest BCUT2D eigenvalue weighted by Crippen LogP contribution is 2.45. The lowest BCUT2D eigenvalue weighted by Crippen LogP contribution is -2.51. The van der Waals surface area contributed by atoms with Gasteiger partial charge in [0.2, 0.25) is 11.8 Å². The molecule has 4 aromatic rings. The number of aromatic nitrogens is 2. The van der Waals surface area contributed by atoms with Gasteiger partial charge in [0.1, 0.15) is 17.9 Å². The molecule has 2 aliphatic carbocycles. The van der Waals surface area contributed by atoms with Crippen LogP contribution in [-0.2, 0) is 4.79 Å². The van der Waals surface area contributed by atoms with Crippen LogP contribution in [0.4, 0.5) is 55.3 Å². The van der Waals surface area contributed by atoms with Gasteiger partial charge in [0.15, 0.2) is 0 Å². The monoisotopic (exact) mass is 906 g/mol. The average Bonchev–Trinajstić information content (AvgIpc) is 3.22. The predicted molar refractivity (Wildman–Crippen MR) is 220 cm³/mol. The first kappa shape index (κ1) is 48.2. The normalized spacial score (nSPS) is 23.3. The standard InChI is InChI=1S/C24H24F5N3O.C16H15F3N4.C5H9F2N/c25-23(26)10-15(11-23)3-5-19(33)9-16-8-18(24(27,28)29)14-32(13-16)21-6-4-17(12-30)22-20(21)2-1-7-31-22;17-16(18,19)11-6-12(21)9-23(8-11)14-4-3-10(7-20)15-13(14)2-1-5-22-15;6-5(7)1-4(2-5)3-8/h1-2,4,6-7,15-16,18H,3,5,8-11,13-14H2;1-5,11-12H,6,8-9,21H2;4H,1-3,8H2/t16-,18-;11-,12+;/m00./s1. The maximum atomic E-state index is 13.7. The number of hydrogen-bond acceptors (Lipinski definition) is 9. The van der Waals surface area contributed by atoms with Gasteiger partial charge in [-0.25, -0.2) is 17.6 Å². The molecule has 0 spiro atoms. The maximum Gasteiger partial charge on any atom is 0.393 e. The summed E-state index contributed by atoms with van der Waals surface area (Å²) in [6.07, 6.45) is -5.72. The molecule has 2 aromatic heterocycles. The summed E-state index contributed by atoms with van der Waals surface area (Å²) in [5.74, 6) is -8.84. The summed E-state index contributed by atoms with van der Waals surface area (Å²) in [5.41, 5.74) is 13.8. The minimum Gasteiger partial charge on any atom is -0.370 e. The van der Waals surface area contributed by atoms with Gasteiger partial charge in [0.25, 0.3) is 0 Å². The van der Waals surface area contributed by atoms with Crippen molar-refractivity contribution in [2.45, 2.75) is 88.0 Å². The van der Waals surface area contributed by atoms with E-state index in [9.17, 15) is 54.0 Å². The number of ketones is 1. The van der Waals surface area contributed by atoms with Crippen molar-refractivity contribution >= 4 is 39.0 Å². The topological polar surface area (TPSA) is 149 Å². The Balaban J connectivity index is 0.000000189. The van der Waals surface area contributed by atoms with Crippen molar-refractivity contribution in [1.29, 1.82) is 10.5 Å². The van der Waals surface area contributed by atoms with Gasteiger partial charge in [-0.1, -0.05) is 0 Å². The van der Waals surface area contributed by atoms with Gasteiger partial charge in [-0.3, -0.25) is 14.8 Å². The van der Waals surface area contributed by atoms with Crippen LogP contribution in [0, 0.1) is 52.3 Å². The number of pyridine rings is 2. The summed E-state index contributed by atoms with van der Waals surface area (Å²) in [4.78, 5) is 24.2. The molecule has 0 unspecified atom stereocenters. The quantitative estimate of drug-likeness (QED) is 0.165. The fraction of sp³-hybridized carbons (Fsp3) is 0.533. The third-order valence-electron chi connectivity index (χ3n) is 12.4. The van der Waals surface area contributed by atoms with Crippen LogP contribution >= 0.6 is 0 Å². The molecule has 0 radical (unpaired) electrons. The zero-order chi connectivity index (χ0) is 46.6. The van der Waals surface area contributed by atoms with Gasteiger partial charge in [-0.2, -0.15) is 36.9 Å². The number of hydrogen-bond donors (Lipinski definition) is 2. The Morgan fingerprint density at radius 3 is 1.59 bits per heavy atom. The SMILES string of the molecule is N#Cc1ccc(N2C[C@H](CC(=O)CCC3CC(F)(F)C3)C[C@H](C(F)(F)F)C2)c2cccnc12.N#Cc1ccc(N2C[C@H](N)C[C@H](C(F)(F)F)C2)c2cccnc12.NCC1CC(F)(F)C1. The van der Waals surface area contributed by atoms with E-state index < -0.39 is 48.0 Å². The molecule has 4 aliphatic rings. The van der Waals surface area contributed by atoms with Crippen LogP contribution in [0.2, 0.25) is 0 Å². The molecule has 4 atom stereocenters. The molecule has 64 heavy (non-hydrogen) atoms. The fourth-order valence-corrected chi connectivity index (χ4v) is 9.13. The third kappa shape index (κ3) is 11.9. The van der Waals surface area contributed by atoms with Crippen LogP contribution in [0.3, 0.4) is 0 Å². The Bertz CT molecular complexity index is 2340. The van der Waals surface area contributed by atoms with Gasteiger partial charge in [0, 0.05) is 105 Å². The summed E-state index contributed by atoms with van der Waals surface area (Å²) >= 11 is 0. The maximum absolute atomic E-state index is 13.7. The second kappa shape index (κ2) is 19.5. The number of rotatable bonds is 8. The Morgan fingerprint density at radius 2 is 1.16 bits per heavy atom. The molecule has 0 amide bonds. The number of carbonyl (C=O) groups excluding carboxylic acids is 1. The molecule has 2 saturated carbocycles. The van der Waals surface area contributed by atoms with E-state index in [0.717, 1.165) is 0 Å². The van der Waals surface area contributed by atoms with Crippen molar-refractivity contribution in [2.75, 3.05) is 42.5 Å². The van der Waals surface area contributed by atoms with Crippen molar-refractivity contribution < 1.29 is 48.7 Å². The van der Waals surface area contributed by atoms with E-state index in [-0.39, 0.29) is 88.6 Å². The number of anilines is 2. The number of nitrogens with zero attached hydrogens (tertiary/aromatic N) is 6. The van der Waals surface area contributed by atoms with Crippen LogP contribution in [0.15, 0.2) is 60.9 Å². The number of benzene rings is 2. The molecular weight excluding hydrogens is 859 g/mol. The van der Waals surface area contributed by atoms with Gasteiger partial charge >= 0.3 is 12.4 Å². The molecule has 0 bridgehead atoms. The van der Waals surface area contributed by atoms with Crippen LogP contribution in [0.25, 0.3) is 21.8 Å². The van der Waals surface area contributed by atoms with E-state index in [4.69, 9.17) is 16.7 Å². The lowest BCUT2D eigenvalue weighted by atomic mass is 9.77. The molecule has 2 aliphatic heterocycles. The first-order valence-electron chi connectivity index (χ1n) is 21.0. The summed E-state index contributed by atoms with van der Waals surface area (Å²) < 4.78 is 130. The molecule has 19 heteroatoms. The van der Waals surface area contributed by atoms with Crippen LogP contribution in [0.5, 0.6) is 0 Å². The molecule has 2 saturated heterocycles. The predicted octanol–water partition coefficient (Wildman–Crippen LogP) is 9.71. The number of carbonyl (C=O) groups is 1. The molecule has 2 aromatic carbocycles. The largest absolute Gasteiger partial charge is 0.393 e. The van der Waals surface area contributed by atoms with Crippen molar-refractivity contribution in [1.82, 2.24) is 9.97 Å². The van der Waals surface area contributed by atoms with Crippen LogP contribution in [0.1, 0.15) is 68.9 Å². The number of alkyl halides is 10. The first-order valence-corrected chi connectivity index (χ1v) is 21.0. The van der Waals surface area contributed by atoms with Crippen molar-refractivity contribution in [2.24, 2.45) is 41.1 Å². The van der Waals surface area contributed by atoms with E-state index in [2.05, 4.69) is 22.1 Å². The smallest absolute Gasteiger partial charge is 0.370 e. The molecular formula is C45H48F10N8O. The summed E-state index contributed by atoms with van der Waals surface area (Å²) in [6, 6.07) is 16.9. The van der Waals surface area contributed by atoms with Crippen molar-refractivity contribution in [3.05, 3.63) is 72.1 Å². The molecule has 9 nitrogen and oxygen atoms in total. The zero-order valence-corrected chi connectivity index (χ0v) is 34.7. The number of fused-ring (bicyclic) bond motifs is 2. The number of Topliss-reactive ketones (excluding diaryl/α,β-unsaturated/α-hetero) is 1. The Morgan fingerprint density at radius 1 is 0.688 bits per heavy atom. The van der Waals surface area contributed by atoms with Gasteiger partial charge in [0.05, 0.1) is 34.0 Å². The third-order valence-corrected chi connectivity index (χ3v) is 12.4. The second-order valence-corrected chi connectivity index (χ2v) is 17.4. The van der Waals surface area contributed by atoms with Gasteiger partial charge < -0.3 is 21.3 Å². The lowest BCUT2D eigenvalue weighted by Gasteiger charge is -2.40. The molecule has 4 N–H and O–H groups in total. The second-order valence-electron chi connectivity index (χ2n) is 17.4. The fourth-order valence-electron chi connectivity index (χ4n) is 9.13. The summed E-state index contributed by atoms with van der Waals surface area (Å²) in [6.45, 7) is 0.669. The van der Waals surface area contributed by atoms with E-state index >= 15 is 0 Å². The molecule has 344 valence electrons. The van der Waals surface area contributed by atoms with E-state index in [0.29, 0.717) is 63.8 Å². The minimum atomic E-state index is -4.40. The van der Waals surface area contributed by atoms with Gasteiger partial charge in [-0.15, -0.1) is 0 Å². The number of nitriles is 2. The van der Waals surface area contributed by atoms with Gasteiger partial charge in [-0.05, 0) is 92.1 Å². The van der Waals surface area contributed by atoms with Crippen LogP contribution < -0.4 is 21.3 Å². The average molecular weight is 907 g/mol. The van der Waals surface area contributed by atoms with Crippen molar-refractivity contribution in [3.8, 4) is 12.1 Å². The first-order chi connectivity index (χ1) is 30.1. The van der Waals surface area contributed by atoms with E-state index in [1.165, 1.54) is 6.20 Å². The number of piperidine rings is 2.